The van der Waals surface area contributed by atoms with E-state index in [1.807, 2.05) is 0 Å². The molecule has 2 N–H and O–H groups in total. The average Bonchev–Trinajstić information content (AvgIpc) is 2.65. The molecule has 0 aromatic heterocycles. The predicted octanol–water partition coefficient (Wildman–Crippen LogP) is 2.67. The van der Waals surface area contributed by atoms with Crippen LogP contribution in [-0.2, 0) is 0 Å². The van der Waals surface area contributed by atoms with Gasteiger partial charge in [0.05, 0.1) is 18.1 Å². The lowest BCUT2D eigenvalue weighted by atomic mass is 10.1. The molecule has 1 amide bonds. The third-order valence-corrected chi connectivity index (χ3v) is 3.59. The van der Waals surface area contributed by atoms with E-state index in [1.165, 1.54) is 49.6 Å². The van der Waals surface area contributed by atoms with Crippen LogP contribution in [0, 0.1) is 10.1 Å². The van der Waals surface area contributed by atoms with Crippen LogP contribution in [0.4, 0.5) is 14.5 Å². The molecule has 0 bridgehead atoms. The van der Waals surface area contributed by atoms with Crippen molar-refractivity contribution in [2.24, 2.45) is 0 Å². The van der Waals surface area contributed by atoms with Gasteiger partial charge in [0.25, 0.3) is 11.6 Å². The van der Waals surface area contributed by atoms with E-state index in [0.29, 0.717) is 5.56 Å². The van der Waals surface area contributed by atoms with Gasteiger partial charge in [0.1, 0.15) is 0 Å². The zero-order chi connectivity index (χ0) is 20.0. The first-order valence-electron chi connectivity index (χ1n) is 7.65. The number of hydrogen-bond acceptors (Lipinski definition) is 6. The molecule has 0 saturated heterocycles. The monoisotopic (exact) mass is 382 g/mol. The molecule has 0 spiro atoms. The minimum atomic E-state index is -3.03. The molecule has 2 aromatic carbocycles. The minimum Gasteiger partial charge on any atom is -0.493 e. The summed E-state index contributed by atoms with van der Waals surface area (Å²) in [6, 6.07) is 8.93. The maximum atomic E-state index is 12.3. The van der Waals surface area contributed by atoms with E-state index < -0.39 is 23.5 Å². The number of hydrogen-bond donors (Lipinski definition) is 2. The summed E-state index contributed by atoms with van der Waals surface area (Å²) >= 11 is 0. The van der Waals surface area contributed by atoms with Crippen LogP contribution in [0.25, 0.3) is 0 Å². The number of nitro benzene ring substituents is 1. The molecule has 27 heavy (non-hydrogen) atoms. The van der Waals surface area contributed by atoms with Crippen LogP contribution in [0.5, 0.6) is 11.5 Å². The standard InChI is InChI=1S/C17H16F2N2O6/c1-26-15-8-11(4-7-14(15)27-17(18)19)16(23)20-9-13(22)10-2-5-12(6-3-10)21(24)25/h2-8,13,17,22H,9H2,1H3,(H,20,23). The molecule has 0 radical (unpaired) electrons. The number of rotatable bonds is 8. The number of ether oxygens (including phenoxy) is 2. The molecule has 1 atom stereocenters. The van der Waals surface area contributed by atoms with Gasteiger partial charge in [0, 0.05) is 24.2 Å². The zero-order valence-corrected chi connectivity index (χ0v) is 14.1. The van der Waals surface area contributed by atoms with Crippen LogP contribution < -0.4 is 14.8 Å². The van der Waals surface area contributed by atoms with Crippen molar-refractivity contribution in [2.45, 2.75) is 12.7 Å². The summed E-state index contributed by atoms with van der Waals surface area (Å²) in [7, 11) is 1.24. The number of nitrogens with zero attached hydrogens (tertiary/aromatic N) is 1. The highest BCUT2D eigenvalue weighted by molar-refractivity contribution is 5.94. The number of halogens is 2. The van der Waals surface area contributed by atoms with Crippen LogP contribution in [0.3, 0.4) is 0 Å². The van der Waals surface area contributed by atoms with Gasteiger partial charge >= 0.3 is 6.61 Å². The van der Waals surface area contributed by atoms with Gasteiger partial charge in [-0.25, -0.2) is 0 Å². The van der Waals surface area contributed by atoms with E-state index in [1.54, 1.807) is 0 Å². The van der Waals surface area contributed by atoms with Crippen molar-refractivity contribution in [3.05, 3.63) is 63.7 Å². The van der Waals surface area contributed by atoms with Gasteiger partial charge in [-0.1, -0.05) is 0 Å². The van der Waals surface area contributed by atoms with Gasteiger partial charge < -0.3 is 19.9 Å². The van der Waals surface area contributed by atoms with Crippen molar-refractivity contribution in [1.29, 1.82) is 0 Å². The Bertz CT molecular complexity index is 814. The lowest BCUT2D eigenvalue weighted by Crippen LogP contribution is -2.28. The van der Waals surface area contributed by atoms with Gasteiger partial charge in [-0.3, -0.25) is 14.9 Å². The van der Waals surface area contributed by atoms with Crippen LogP contribution in [0.2, 0.25) is 0 Å². The Hall–Kier alpha value is -3.27. The molecule has 0 aliphatic carbocycles. The summed E-state index contributed by atoms with van der Waals surface area (Å²) in [6.45, 7) is -3.19. The van der Waals surface area contributed by atoms with Crippen molar-refractivity contribution < 1.29 is 33.1 Å². The third-order valence-electron chi connectivity index (χ3n) is 3.59. The second kappa shape index (κ2) is 8.90. The molecule has 2 rings (SSSR count). The van der Waals surface area contributed by atoms with Crippen LogP contribution in [0.1, 0.15) is 22.0 Å². The van der Waals surface area contributed by atoms with Gasteiger partial charge in [-0.05, 0) is 35.9 Å². The summed E-state index contributed by atoms with van der Waals surface area (Å²) in [5.74, 6) is -0.827. The van der Waals surface area contributed by atoms with E-state index in [4.69, 9.17) is 4.74 Å². The topological polar surface area (TPSA) is 111 Å². The van der Waals surface area contributed by atoms with Crippen LogP contribution in [0.15, 0.2) is 42.5 Å². The maximum absolute atomic E-state index is 12.3. The number of alkyl halides is 2. The van der Waals surface area contributed by atoms with Crippen molar-refractivity contribution in [1.82, 2.24) is 5.32 Å². The number of amides is 1. The highest BCUT2D eigenvalue weighted by Gasteiger charge is 2.16. The highest BCUT2D eigenvalue weighted by atomic mass is 19.3. The molecule has 10 heteroatoms. The Morgan fingerprint density at radius 2 is 1.89 bits per heavy atom. The van der Waals surface area contributed by atoms with Crippen LogP contribution >= 0.6 is 0 Å². The number of nitrogens with one attached hydrogen (secondary N) is 1. The predicted molar refractivity (Wildman–Crippen MR) is 90.0 cm³/mol. The van der Waals surface area contributed by atoms with E-state index in [0.717, 1.165) is 0 Å². The number of aliphatic hydroxyl groups excluding tert-OH is 1. The highest BCUT2D eigenvalue weighted by Crippen LogP contribution is 2.29. The summed E-state index contributed by atoms with van der Waals surface area (Å²) in [4.78, 5) is 22.2. The quantitative estimate of drug-likeness (QED) is 0.536. The van der Waals surface area contributed by atoms with Gasteiger partial charge in [0.2, 0.25) is 0 Å². The molecule has 0 heterocycles. The molecule has 0 saturated carbocycles. The van der Waals surface area contributed by atoms with Crippen LogP contribution in [-0.4, -0.2) is 36.2 Å². The minimum absolute atomic E-state index is 0.0427. The normalized spacial score (nSPS) is 11.7. The Morgan fingerprint density at radius 1 is 1.22 bits per heavy atom. The summed E-state index contributed by atoms with van der Waals surface area (Å²) < 4.78 is 33.8. The number of aliphatic hydroxyl groups is 1. The van der Waals surface area contributed by atoms with Gasteiger partial charge in [-0.2, -0.15) is 8.78 Å². The molecule has 0 fully saturated rings. The molecule has 8 nitrogen and oxygen atoms in total. The van der Waals surface area contributed by atoms with Gasteiger partial charge in [0.15, 0.2) is 11.5 Å². The number of benzene rings is 2. The zero-order valence-electron chi connectivity index (χ0n) is 14.1. The molecule has 144 valence electrons. The van der Waals surface area contributed by atoms with Gasteiger partial charge in [-0.15, -0.1) is 0 Å². The second-order valence-corrected chi connectivity index (χ2v) is 5.32. The SMILES string of the molecule is COc1cc(C(=O)NCC(O)c2ccc([N+](=O)[O-])cc2)ccc1OC(F)F. The van der Waals surface area contributed by atoms with E-state index >= 15 is 0 Å². The Labute approximate surface area is 152 Å². The Balaban J connectivity index is 2.01. The molecular weight excluding hydrogens is 366 g/mol. The molecule has 0 aliphatic rings. The third kappa shape index (κ3) is 5.35. The Kier molecular flexibility index (Phi) is 6.61. The summed E-state index contributed by atoms with van der Waals surface area (Å²) in [5, 5.41) is 23.2. The lowest BCUT2D eigenvalue weighted by Gasteiger charge is -2.14. The molecule has 2 aromatic rings. The van der Waals surface area contributed by atoms with E-state index in [-0.39, 0.29) is 29.3 Å². The fraction of sp³-hybridized carbons (Fsp3) is 0.235. The summed E-state index contributed by atoms with van der Waals surface area (Å²) in [5.41, 5.74) is 0.386. The second-order valence-electron chi connectivity index (χ2n) is 5.32. The largest absolute Gasteiger partial charge is 0.493 e. The summed E-state index contributed by atoms with van der Waals surface area (Å²) in [6.07, 6.45) is -1.09. The van der Waals surface area contributed by atoms with E-state index in [2.05, 4.69) is 10.1 Å². The fourth-order valence-electron chi connectivity index (χ4n) is 2.23. The van der Waals surface area contributed by atoms with Crippen molar-refractivity contribution in [3.8, 4) is 11.5 Å². The molecular formula is C17H16F2N2O6. The number of nitro groups is 1. The number of methoxy groups -OCH3 is 1. The smallest absolute Gasteiger partial charge is 0.387 e. The van der Waals surface area contributed by atoms with Crippen molar-refractivity contribution in [2.75, 3.05) is 13.7 Å². The molecule has 1 unspecified atom stereocenters. The van der Waals surface area contributed by atoms with Crippen molar-refractivity contribution in [3.63, 3.8) is 0 Å². The first kappa shape index (κ1) is 20.0. The first-order chi connectivity index (χ1) is 12.8. The van der Waals surface area contributed by atoms with E-state index in [9.17, 15) is 28.8 Å². The number of carbonyl (C=O) groups is 1. The lowest BCUT2D eigenvalue weighted by molar-refractivity contribution is -0.384. The fourth-order valence-corrected chi connectivity index (χ4v) is 2.23. The molecule has 0 aliphatic heterocycles. The number of carbonyl (C=O) groups excluding carboxylic acids is 1. The maximum Gasteiger partial charge on any atom is 0.387 e. The first-order valence-corrected chi connectivity index (χ1v) is 7.65. The average molecular weight is 382 g/mol. The number of non-ortho nitro benzene ring substituents is 1. The Morgan fingerprint density at radius 3 is 2.44 bits per heavy atom. The van der Waals surface area contributed by atoms with Crippen molar-refractivity contribution >= 4 is 11.6 Å².